The van der Waals surface area contributed by atoms with E-state index in [9.17, 15) is 8.42 Å². The van der Waals surface area contributed by atoms with E-state index in [1.165, 1.54) is 12.1 Å². The van der Waals surface area contributed by atoms with Crippen molar-refractivity contribution in [3.63, 3.8) is 0 Å². The SMILES string of the molecule is CN1CCCC(CNS(=O)(=O)c2c(N)cc(Cl)cc2Cl)C1. The molecule has 1 aliphatic heterocycles. The molecule has 0 bridgehead atoms. The molecular weight excluding hydrogens is 333 g/mol. The van der Waals surface area contributed by atoms with E-state index in [0.717, 1.165) is 25.9 Å². The first kappa shape index (κ1) is 16.8. The Labute approximate surface area is 135 Å². The van der Waals surface area contributed by atoms with Crippen LogP contribution in [0.15, 0.2) is 17.0 Å². The highest BCUT2D eigenvalue weighted by molar-refractivity contribution is 7.89. The Morgan fingerprint density at radius 2 is 2.14 bits per heavy atom. The van der Waals surface area contributed by atoms with Gasteiger partial charge in [0.1, 0.15) is 4.90 Å². The lowest BCUT2D eigenvalue weighted by Crippen LogP contribution is -2.39. The van der Waals surface area contributed by atoms with Crippen LogP contribution in [0.25, 0.3) is 0 Å². The van der Waals surface area contributed by atoms with Crippen LogP contribution in [0.3, 0.4) is 0 Å². The fourth-order valence-electron chi connectivity index (χ4n) is 2.60. The summed E-state index contributed by atoms with van der Waals surface area (Å²) in [6.45, 7) is 2.32. The van der Waals surface area contributed by atoms with E-state index in [-0.39, 0.29) is 15.6 Å². The average Bonchev–Trinajstić information content (AvgIpc) is 2.35. The number of nitrogens with zero attached hydrogens (tertiary/aromatic N) is 1. The third-order valence-corrected chi connectivity index (χ3v) is 5.76. The second-order valence-electron chi connectivity index (χ2n) is 5.43. The van der Waals surface area contributed by atoms with Crippen LogP contribution in [-0.4, -0.2) is 40.0 Å². The molecule has 3 N–H and O–H groups in total. The zero-order chi connectivity index (χ0) is 15.6. The molecule has 0 radical (unpaired) electrons. The maximum atomic E-state index is 12.4. The number of benzene rings is 1. The van der Waals surface area contributed by atoms with Crippen molar-refractivity contribution in [2.45, 2.75) is 17.7 Å². The third kappa shape index (κ3) is 4.23. The van der Waals surface area contributed by atoms with Crippen LogP contribution < -0.4 is 10.5 Å². The van der Waals surface area contributed by atoms with Crippen molar-refractivity contribution < 1.29 is 8.42 Å². The minimum absolute atomic E-state index is 0.0354. The number of anilines is 1. The standard InChI is InChI=1S/C13H19Cl2N3O2S/c1-18-4-2-3-9(8-18)7-17-21(19,20)13-11(15)5-10(14)6-12(13)16/h5-6,9,17H,2-4,7-8,16H2,1H3. The molecule has 0 aliphatic carbocycles. The largest absolute Gasteiger partial charge is 0.398 e. The first-order valence-corrected chi connectivity index (χ1v) is 8.96. The van der Waals surface area contributed by atoms with Gasteiger partial charge in [-0.1, -0.05) is 23.2 Å². The van der Waals surface area contributed by atoms with Crippen molar-refractivity contribution in [3.05, 3.63) is 22.2 Å². The van der Waals surface area contributed by atoms with Crippen LogP contribution in [0, 0.1) is 5.92 Å². The molecule has 0 spiro atoms. The number of halogens is 2. The van der Waals surface area contributed by atoms with Crippen molar-refractivity contribution in [3.8, 4) is 0 Å². The van der Waals surface area contributed by atoms with Crippen molar-refractivity contribution in [1.29, 1.82) is 0 Å². The summed E-state index contributed by atoms with van der Waals surface area (Å²) in [6, 6.07) is 2.76. The van der Waals surface area contributed by atoms with Crippen LogP contribution in [0.2, 0.25) is 10.0 Å². The van der Waals surface area contributed by atoms with Crippen LogP contribution in [0.4, 0.5) is 5.69 Å². The number of hydrogen-bond donors (Lipinski definition) is 2. The molecule has 1 atom stereocenters. The third-order valence-electron chi connectivity index (χ3n) is 3.59. The van der Waals surface area contributed by atoms with Gasteiger partial charge in [0.2, 0.25) is 10.0 Å². The number of nitrogens with one attached hydrogen (secondary N) is 1. The summed E-state index contributed by atoms with van der Waals surface area (Å²) in [5.41, 5.74) is 5.80. The Kier molecular flexibility index (Phi) is 5.38. The van der Waals surface area contributed by atoms with Gasteiger partial charge in [-0.3, -0.25) is 0 Å². The van der Waals surface area contributed by atoms with Crippen LogP contribution in [-0.2, 0) is 10.0 Å². The van der Waals surface area contributed by atoms with Crippen molar-refractivity contribution >= 4 is 38.9 Å². The van der Waals surface area contributed by atoms with Gasteiger partial charge < -0.3 is 10.6 Å². The van der Waals surface area contributed by atoms with Gasteiger partial charge in [0, 0.05) is 18.1 Å². The summed E-state index contributed by atoms with van der Waals surface area (Å²) in [4.78, 5) is 2.10. The number of nitrogens with two attached hydrogens (primary N) is 1. The molecule has 1 unspecified atom stereocenters. The average molecular weight is 352 g/mol. The highest BCUT2D eigenvalue weighted by Gasteiger charge is 2.24. The van der Waals surface area contributed by atoms with Crippen LogP contribution in [0.5, 0.6) is 0 Å². The fourth-order valence-corrected chi connectivity index (χ4v) is 4.70. The number of hydrogen-bond acceptors (Lipinski definition) is 4. The highest BCUT2D eigenvalue weighted by atomic mass is 35.5. The van der Waals surface area contributed by atoms with Gasteiger partial charge in [-0.15, -0.1) is 0 Å². The minimum atomic E-state index is -3.74. The summed E-state index contributed by atoms with van der Waals surface area (Å²) >= 11 is 11.8. The second kappa shape index (κ2) is 6.71. The quantitative estimate of drug-likeness (QED) is 0.815. The number of nitrogen functional groups attached to an aromatic ring is 1. The van der Waals surface area contributed by atoms with E-state index in [4.69, 9.17) is 28.9 Å². The van der Waals surface area contributed by atoms with Crippen LogP contribution >= 0.6 is 23.2 Å². The lowest BCUT2D eigenvalue weighted by molar-refractivity contribution is 0.211. The Hall–Kier alpha value is -0.530. The van der Waals surface area contributed by atoms with Gasteiger partial charge in [-0.2, -0.15) is 0 Å². The number of sulfonamides is 1. The Bertz CT molecular complexity index is 599. The fraction of sp³-hybridized carbons (Fsp3) is 0.538. The second-order valence-corrected chi connectivity index (χ2v) is 7.98. The Morgan fingerprint density at radius 1 is 1.43 bits per heavy atom. The molecule has 1 saturated heterocycles. The smallest absolute Gasteiger partial charge is 0.244 e. The molecule has 2 rings (SSSR count). The van der Waals surface area contributed by atoms with E-state index in [1.807, 2.05) is 7.05 Å². The predicted octanol–water partition coefficient (Wildman–Crippen LogP) is 2.20. The molecule has 8 heteroatoms. The van der Waals surface area contributed by atoms with E-state index in [1.54, 1.807) is 0 Å². The molecular formula is C13H19Cl2N3O2S. The molecule has 0 amide bonds. The molecule has 0 saturated carbocycles. The zero-order valence-electron chi connectivity index (χ0n) is 11.8. The zero-order valence-corrected chi connectivity index (χ0v) is 14.1. The summed E-state index contributed by atoms with van der Waals surface area (Å²) in [5.74, 6) is 0.297. The Morgan fingerprint density at radius 3 is 2.76 bits per heavy atom. The number of likely N-dealkylation sites (tertiary alicyclic amines) is 1. The van der Waals surface area contributed by atoms with E-state index < -0.39 is 10.0 Å². The normalized spacial score (nSPS) is 20.6. The van der Waals surface area contributed by atoms with Gasteiger partial charge in [0.25, 0.3) is 0 Å². The Balaban J connectivity index is 2.12. The summed E-state index contributed by atoms with van der Waals surface area (Å²) < 4.78 is 27.4. The monoisotopic (exact) mass is 351 g/mol. The number of rotatable bonds is 4. The van der Waals surface area contributed by atoms with Gasteiger partial charge in [-0.05, 0) is 44.5 Å². The molecule has 1 heterocycles. The van der Waals surface area contributed by atoms with Crippen molar-refractivity contribution in [2.24, 2.45) is 5.92 Å². The molecule has 1 aliphatic rings. The predicted molar refractivity (Wildman–Crippen MR) is 86.3 cm³/mol. The molecule has 118 valence electrons. The number of piperidine rings is 1. The maximum absolute atomic E-state index is 12.4. The van der Waals surface area contributed by atoms with Gasteiger partial charge >= 0.3 is 0 Å². The topological polar surface area (TPSA) is 75.4 Å². The van der Waals surface area contributed by atoms with Crippen LogP contribution in [0.1, 0.15) is 12.8 Å². The summed E-state index contributed by atoms with van der Waals surface area (Å²) in [5, 5.41) is 0.346. The molecule has 21 heavy (non-hydrogen) atoms. The van der Waals surface area contributed by atoms with Gasteiger partial charge in [-0.25, -0.2) is 13.1 Å². The lowest BCUT2D eigenvalue weighted by Gasteiger charge is -2.29. The lowest BCUT2D eigenvalue weighted by atomic mass is 9.99. The molecule has 0 aromatic heterocycles. The molecule has 1 fully saturated rings. The summed E-state index contributed by atoms with van der Waals surface area (Å²) in [7, 11) is -1.70. The van der Waals surface area contributed by atoms with E-state index in [0.29, 0.717) is 17.5 Å². The van der Waals surface area contributed by atoms with E-state index in [2.05, 4.69) is 9.62 Å². The van der Waals surface area contributed by atoms with E-state index >= 15 is 0 Å². The molecule has 1 aromatic rings. The molecule has 1 aromatic carbocycles. The van der Waals surface area contributed by atoms with Crippen molar-refractivity contribution in [2.75, 3.05) is 32.4 Å². The minimum Gasteiger partial charge on any atom is -0.398 e. The first-order chi connectivity index (χ1) is 9.79. The first-order valence-electron chi connectivity index (χ1n) is 6.72. The van der Waals surface area contributed by atoms with Gasteiger partial charge in [0.15, 0.2) is 0 Å². The highest BCUT2D eigenvalue weighted by Crippen LogP contribution is 2.31. The maximum Gasteiger partial charge on any atom is 0.244 e. The van der Waals surface area contributed by atoms with Gasteiger partial charge in [0.05, 0.1) is 10.7 Å². The summed E-state index contributed by atoms with van der Waals surface area (Å²) in [6.07, 6.45) is 2.09. The molecule has 5 nitrogen and oxygen atoms in total. The van der Waals surface area contributed by atoms with Crippen molar-refractivity contribution in [1.82, 2.24) is 9.62 Å².